The van der Waals surface area contributed by atoms with Gasteiger partial charge in [0.05, 0.1) is 6.26 Å². The standard InChI is InChI=1S/C13H7ClN4O/c14-11-8-4-1-2-5-9(8)12-15-16-13(18(12)17-11)10-6-3-7-19-10/h1-7H. The Morgan fingerprint density at radius 2 is 1.84 bits per heavy atom. The van der Waals surface area contributed by atoms with Gasteiger partial charge in [-0.25, -0.2) is 0 Å². The van der Waals surface area contributed by atoms with Crippen molar-refractivity contribution in [2.24, 2.45) is 0 Å². The molecule has 0 bridgehead atoms. The molecule has 0 aliphatic rings. The van der Waals surface area contributed by atoms with E-state index in [1.54, 1.807) is 22.9 Å². The molecule has 0 unspecified atom stereocenters. The molecule has 0 aliphatic heterocycles. The molecule has 0 spiro atoms. The van der Waals surface area contributed by atoms with E-state index in [1.807, 2.05) is 24.3 Å². The number of benzene rings is 1. The van der Waals surface area contributed by atoms with Gasteiger partial charge in [-0.15, -0.1) is 10.2 Å². The molecule has 0 fully saturated rings. The van der Waals surface area contributed by atoms with Crippen molar-refractivity contribution >= 4 is 28.0 Å². The summed E-state index contributed by atoms with van der Waals surface area (Å²) >= 11 is 6.21. The summed E-state index contributed by atoms with van der Waals surface area (Å²) in [6, 6.07) is 11.3. The van der Waals surface area contributed by atoms with Gasteiger partial charge in [0.15, 0.2) is 16.6 Å². The first kappa shape index (κ1) is 10.5. The van der Waals surface area contributed by atoms with E-state index < -0.39 is 0 Å². The number of hydrogen-bond donors (Lipinski definition) is 0. The Balaban J connectivity index is 2.16. The molecule has 0 radical (unpaired) electrons. The van der Waals surface area contributed by atoms with Crippen molar-refractivity contribution in [3.8, 4) is 11.6 Å². The molecule has 3 aromatic heterocycles. The molecule has 0 saturated heterocycles. The summed E-state index contributed by atoms with van der Waals surface area (Å²) in [6.07, 6.45) is 1.58. The van der Waals surface area contributed by atoms with Crippen LogP contribution in [0.25, 0.3) is 28.0 Å². The lowest BCUT2D eigenvalue weighted by Crippen LogP contribution is -1.96. The average Bonchev–Trinajstić information content (AvgIpc) is 3.07. The normalized spacial score (nSPS) is 11.4. The third kappa shape index (κ3) is 1.45. The zero-order valence-electron chi connectivity index (χ0n) is 9.62. The van der Waals surface area contributed by atoms with Crippen molar-refractivity contribution in [3.63, 3.8) is 0 Å². The van der Waals surface area contributed by atoms with Crippen LogP contribution >= 0.6 is 11.6 Å². The van der Waals surface area contributed by atoms with E-state index in [2.05, 4.69) is 15.3 Å². The van der Waals surface area contributed by atoms with Crippen LogP contribution in [0.2, 0.25) is 5.15 Å². The summed E-state index contributed by atoms with van der Waals surface area (Å²) in [5, 5.41) is 14.8. The van der Waals surface area contributed by atoms with Crippen LogP contribution in [-0.4, -0.2) is 19.8 Å². The predicted octanol–water partition coefficient (Wildman–Crippen LogP) is 3.19. The summed E-state index contributed by atoms with van der Waals surface area (Å²) in [5.41, 5.74) is 0.659. The van der Waals surface area contributed by atoms with Gasteiger partial charge in [0.2, 0.25) is 5.82 Å². The Hall–Kier alpha value is -2.40. The second-order valence-corrected chi connectivity index (χ2v) is 4.43. The number of halogens is 1. The lowest BCUT2D eigenvalue weighted by Gasteiger charge is -2.02. The molecular formula is C13H7ClN4O. The van der Waals surface area contributed by atoms with E-state index in [0.717, 1.165) is 10.8 Å². The van der Waals surface area contributed by atoms with Crippen molar-refractivity contribution < 1.29 is 4.42 Å². The molecular weight excluding hydrogens is 264 g/mol. The number of nitrogens with zero attached hydrogens (tertiary/aromatic N) is 4. The maximum Gasteiger partial charge on any atom is 0.220 e. The molecule has 1 aromatic carbocycles. The SMILES string of the molecule is Clc1nn2c(-c3ccco3)nnc2c2ccccc12. The van der Waals surface area contributed by atoms with Crippen molar-refractivity contribution in [2.45, 2.75) is 0 Å². The molecule has 5 nitrogen and oxygen atoms in total. The number of fused-ring (bicyclic) bond motifs is 3. The van der Waals surface area contributed by atoms with Gasteiger partial charge < -0.3 is 4.42 Å². The van der Waals surface area contributed by atoms with Crippen molar-refractivity contribution in [1.82, 2.24) is 19.8 Å². The lowest BCUT2D eigenvalue weighted by molar-refractivity contribution is 0.574. The van der Waals surface area contributed by atoms with Gasteiger partial charge in [0, 0.05) is 10.8 Å². The molecule has 4 aromatic rings. The molecule has 0 amide bonds. The number of rotatable bonds is 1. The third-order valence-corrected chi connectivity index (χ3v) is 3.24. The first-order valence-electron chi connectivity index (χ1n) is 5.68. The molecule has 0 atom stereocenters. The van der Waals surface area contributed by atoms with E-state index in [-0.39, 0.29) is 0 Å². The van der Waals surface area contributed by atoms with Gasteiger partial charge in [0.25, 0.3) is 0 Å². The summed E-state index contributed by atoms with van der Waals surface area (Å²) in [5.74, 6) is 1.14. The summed E-state index contributed by atoms with van der Waals surface area (Å²) in [6.45, 7) is 0. The Morgan fingerprint density at radius 1 is 1.00 bits per heavy atom. The molecule has 3 heterocycles. The van der Waals surface area contributed by atoms with Crippen LogP contribution in [0.15, 0.2) is 47.1 Å². The van der Waals surface area contributed by atoms with Crippen LogP contribution in [0.4, 0.5) is 0 Å². The number of hydrogen-bond acceptors (Lipinski definition) is 4. The van der Waals surface area contributed by atoms with Crippen molar-refractivity contribution in [1.29, 1.82) is 0 Å². The number of aromatic nitrogens is 4. The maximum atomic E-state index is 6.21. The van der Waals surface area contributed by atoms with E-state index in [1.165, 1.54) is 0 Å². The zero-order chi connectivity index (χ0) is 12.8. The zero-order valence-corrected chi connectivity index (χ0v) is 10.4. The Kier molecular flexibility index (Phi) is 2.10. The first-order valence-corrected chi connectivity index (χ1v) is 6.06. The van der Waals surface area contributed by atoms with E-state index in [4.69, 9.17) is 16.0 Å². The molecule has 19 heavy (non-hydrogen) atoms. The van der Waals surface area contributed by atoms with Crippen LogP contribution in [0.1, 0.15) is 0 Å². The van der Waals surface area contributed by atoms with Crippen LogP contribution in [0.5, 0.6) is 0 Å². The molecule has 0 aliphatic carbocycles. The van der Waals surface area contributed by atoms with Crippen molar-refractivity contribution in [3.05, 3.63) is 47.8 Å². The van der Waals surface area contributed by atoms with Gasteiger partial charge >= 0.3 is 0 Å². The van der Waals surface area contributed by atoms with E-state index in [9.17, 15) is 0 Å². The maximum absolute atomic E-state index is 6.21. The van der Waals surface area contributed by atoms with Gasteiger partial charge in [-0.2, -0.15) is 9.61 Å². The van der Waals surface area contributed by atoms with Crippen LogP contribution in [0.3, 0.4) is 0 Å². The summed E-state index contributed by atoms with van der Waals surface area (Å²) in [7, 11) is 0. The minimum Gasteiger partial charge on any atom is -0.461 e. The lowest BCUT2D eigenvalue weighted by atomic mass is 10.2. The third-order valence-electron chi connectivity index (χ3n) is 2.96. The van der Waals surface area contributed by atoms with Gasteiger partial charge in [-0.1, -0.05) is 35.9 Å². The molecule has 0 saturated carbocycles. The second kappa shape index (κ2) is 3.80. The fourth-order valence-electron chi connectivity index (χ4n) is 2.10. The molecule has 92 valence electrons. The molecule has 4 rings (SSSR count). The highest BCUT2D eigenvalue weighted by Crippen LogP contribution is 2.27. The quantitative estimate of drug-likeness (QED) is 0.533. The predicted molar refractivity (Wildman–Crippen MR) is 71.0 cm³/mol. The smallest absolute Gasteiger partial charge is 0.220 e. The Bertz CT molecular complexity index is 882. The highest BCUT2D eigenvalue weighted by Gasteiger charge is 2.15. The Labute approximate surface area is 112 Å². The number of furan rings is 1. The minimum atomic E-state index is 0.413. The first-order chi connectivity index (χ1) is 9.34. The van der Waals surface area contributed by atoms with E-state index in [0.29, 0.717) is 22.4 Å². The van der Waals surface area contributed by atoms with Gasteiger partial charge in [-0.05, 0) is 12.1 Å². The summed E-state index contributed by atoms with van der Waals surface area (Å²) < 4.78 is 6.93. The van der Waals surface area contributed by atoms with Crippen LogP contribution in [0, 0.1) is 0 Å². The highest BCUT2D eigenvalue weighted by molar-refractivity contribution is 6.34. The average molecular weight is 271 g/mol. The molecule has 0 N–H and O–H groups in total. The monoisotopic (exact) mass is 270 g/mol. The van der Waals surface area contributed by atoms with Gasteiger partial charge in [-0.3, -0.25) is 0 Å². The molecule has 6 heteroatoms. The van der Waals surface area contributed by atoms with E-state index >= 15 is 0 Å². The second-order valence-electron chi connectivity index (χ2n) is 4.07. The van der Waals surface area contributed by atoms with Gasteiger partial charge in [0.1, 0.15) is 0 Å². The van der Waals surface area contributed by atoms with Crippen LogP contribution < -0.4 is 0 Å². The summed E-state index contributed by atoms with van der Waals surface area (Å²) in [4.78, 5) is 0. The fourth-order valence-corrected chi connectivity index (χ4v) is 2.34. The largest absolute Gasteiger partial charge is 0.461 e. The minimum absolute atomic E-state index is 0.413. The fraction of sp³-hybridized carbons (Fsp3) is 0. The van der Waals surface area contributed by atoms with Crippen molar-refractivity contribution in [2.75, 3.05) is 0 Å². The Morgan fingerprint density at radius 3 is 2.63 bits per heavy atom. The van der Waals surface area contributed by atoms with Crippen LogP contribution in [-0.2, 0) is 0 Å². The topological polar surface area (TPSA) is 56.2 Å². The highest BCUT2D eigenvalue weighted by atomic mass is 35.5.